The molecular weight excluding hydrogens is 332 g/mol. The van der Waals surface area contributed by atoms with Gasteiger partial charge in [0, 0.05) is 19.7 Å². The van der Waals surface area contributed by atoms with Gasteiger partial charge in [-0.05, 0) is 29.0 Å². The van der Waals surface area contributed by atoms with Crippen molar-refractivity contribution in [3.05, 3.63) is 35.4 Å². The number of nitrogens with one attached hydrogen (secondary N) is 1. The molecule has 6 heteroatoms. The van der Waals surface area contributed by atoms with Crippen molar-refractivity contribution in [3.8, 4) is 0 Å². The summed E-state index contributed by atoms with van der Waals surface area (Å²) in [5.74, 6) is -1.45. The smallest absolute Gasteiger partial charge is 0.329 e. The first kappa shape index (κ1) is 21.7. The SMILES string of the molecule is CC(C)[C@H](NC(=O)c1ccc(C(C)(C)C)cc1)C(=O)OCC(=O)N(C)C. The maximum Gasteiger partial charge on any atom is 0.329 e. The molecule has 0 unspecified atom stereocenters. The van der Waals surface area contributed by atoms with E-state index in [1.807, 2.05) is 26.0 Å². The molecule has 26 heavy (non-hydrogen) atoms. The highest BCUT2D eigenvalue weighted by Crippen LogP contribution is 2.22. The standard InChI is InChI=1S/C20H30N2O4/c1-13(2)17(19(25)26-12-16(23)22(6)7)21-18(24)14-8-10-15(11-9-14)20(3,4)5/h8-11,13,17H,12H2,1-7H3,(H,21,24)/t17-/m0/s1. The Bertz CT molecular complexity index is 643. The first-order chi connectivity index (χ1) is 11.9. The Morgan fingerprint density at radius 3 is 2.04 bits per heavy atom. The summed E-state index contributed by atoms with van der Waals surface area (Å²) in [6.45, 7) is 9.57. The van der Waals surface area contributed by atoms with Crippen molar-refractivity contribution in [1.29, 1.82) is 0 Å². The summed E-state index contributed by atoms with van der Waals surface area (Å²) in [4.78, 5) is 37.6. The Morgan fingerprint density at radius 1 is 1.08 bits per heavy atom. The monoisotopic (exact) mass is 362 g/mol. The molecule has 0 fully saturated rings. The lowest BCUT2D eigenvalue weighted by Gasteiger charge is -2.22. The lowest BCUT2D eigenvalue weighted by atomic mass is 9.86. The molecule has 6 nitrogen and oxygen atoms in total. The molecule has 0 heterocycles. The number of likely N-dealkylation sites (N-methyl/N-ethyl adjacent to an activating group) is 1. The van der Waals surface area contributed by atoms with Crippen LogP contribution < -0.4 is 5.32 Å². The van der Waals surface area contributed by atoms with Gasteiger partial charge in [-0.1, -0.05) is 46.8 Å². The summed E-state index contributed by atoms with van der Waals surface area (Å²) in [6, 6.07) is 6.49. The summed E-state index contributed by atoms with van der Waals surface area (Å²) in [7, 11) is 3.16. The van der Waals surface area contributed by atoms with Gasteiger partial charge in [-0.15, -0.1) is 0 Å². The lowest BCUT2D eigenvalue weighted by molar-refractivity contribution is -0.153. The van der Waals surface area contributed by atoms with E-state index in [1.54, 1.807) is 26.2 Å². The van der Waals surface area contributed by atoms with Crippen LogP contribution in [0.3, 0.4) is 0 Å². The minimum Gasteiger partial charge on any atom is -0.454 e. The van der Waals surface area contributed by atoms with Crippen LogP contribution in [-0.2, 0) is 19.7 Å². The van der Waals surface area contributed by atoms with Gasteiger partial charge in [0.1, 0.15) is 6.04 Å². The van der Waals surface area contributed by atoms with Crippen LogP contribution >= 0.6 is 0 Å². The van der Waals surface area contributed by atoms with Gasteiger partial charge < -0.3 is 15.0 Å². The van der Waals surface area contributed by atoms with E-state index < -0.39 is 12.0 Å². The van der Waals surface area contributed by atoms with Crippen molar-refractivity contribution >= 4 is 17.8 Å². The number of nitrogens with zero attached hydrogens (tertiary/aromatic N) is 1. The Balaban J connectivity index is 2.79. The highest BCUT2D eigenvalue weighted by molar-refractivity contribution is 5.97. The van der Waals surface area contributed by atoms with E-state index in [1.165, 1.54) is 4.90 Å². The van der Waals surface area contributed by atoms with Crippen LogP contribution in [0.2, 0.25) is 0 Å². The number of carbonyl (C=O) groups is 3. The van der Waals surface area contributed by atoms with E-state index >= 15 is 0 Å². The second-order valence-electron chi connectivity index (χ2n) is 7.92. The van der Waals surface area contributed by atoms with Gasteiger partial charge in [0.05, 0.1) is 0 Å². The fourth-order valence-electron chi connectivity index (χ4n) is 2.20. The molecule has 0 saturated heterocycles. The average Bonchev–Trinajstić information content (AvgIpc) is 2.55. The Kier molecular flexibility index (Phi) is 7.36. The summed E-state index contributed by atoms with van der Waals surface area (Å²) < 4.78 is 5.04. The Morgan fingerprint density at radius 2 is 1.62 bits per heavy atom. The fourth-order valence-corrected chi connectivity index (χ4v) is 2.20. The zero-order valence-corrected chi connectivity index (χ0v) is 16.8. The number of hydrogen-bond acceptors (Lipinski definition) is 4. The van der Waals surface area contributed by atoms with Crippen molar-refractivity contribution in [2.45, 2.75) is 46.1 Å². The van der Waals surface area contributed by atoms with Gasteiger partial charge in [0.25, 0.3) is 11.8 Å². The second-order valence-corrected chi connectivity index (χ2v) is 7.92. The molecular formula is C20H30N2O4. The van der Waals surface area contributed by atoms with Crippen LogP contribution in [0.25, 0.3) is 0 Å². The van der Waals surface area contributed by atoms with Crippen LogP contribution in [-0.4, -0.2) is 49.4 Å². The highest BCUT2D eigenvalue weighted by Gasteiger charge is 2.27. The molecule has 144 valence electrons. The quantitative estimate of drug-likeness (QED) is 0.789. The first-order valence-electron chi connectivity index (χ1n) is 8.71. The zero-order chi connectivity index (χ0) is 20.1. The van der Waals surface area contributed by atoms with Crippen LogP contribution in [0.5, 0.6) is 0 Å². The number of carbonyl (C=O) groups excluding carboxylic acids is 3. The molecule has 1 atom stereocenters. The van der Waals surface area contributed by atoms with Crippen LogP contribution in [0, 0.1) is 5.92 Å². The molecule has 0 aliphatic heterocycles. The molecule has 0 radical (unpaired) electrons. The first-order valence-corrected chi connectivity index (χ1v) is 8.71. The molecule has 0 aliphatic rings. The van der Waals surface area contributed by atoms with Gasteiger partial charge in [-0.2, -0.15) is 0 Å². The predicted molar refractivity (Wildman–Crippen MR) is 101 cm³/mol. The average molecular weight is 362 g/mol. The Labute approximate surface area is 155 Å². The van der Waals surface area contributed by atoms with Crippen LogP contribution in [0.1, 0.15) is 50.5 Å². The molecule has 0 aliphatic carbocycles. The maximum atomic E-state index is 12.5. The number of benzene rings is 1. The third kappa shape index (κ3) is 6.17. The largest absolute Gasteiger partial charge is 0.454 e. The van der Waals surface area contributed by atoms with Crippen molar-refractivity contribution in [2.24, 2.45) is 5.92 Å². The zero-order valence-electron chi connectivity index (χ0n) is 16.8. The van der Waals surface area contributed by atoms with Gasteiger partial charge >= 0.3 is 5.97 Å². The number of esters is 1. The third-order valence-electron chi connectivity index (χ3n) is 4.06. The second kappa shape index (κ2) is 8.83. The van der Waals surface area contributed by atoms with Gasteiger partial charge in [-0.3, -0.25) is 9.59 Å². The summed E-state index contributed by atoms with van der Waals surface area (Å²) >= 11 is 0. The maximum absolute atomic E-state index is 12.5. The molecule has 0 aromatic heterocycles. The topological polar surface area (TPSA) is 75.7 Å². The normalized spacial score (nSPS) is 12.5. The van der Waals surface area contributed by atoms with E-state index in [-0.39, 0.29) is 29.8 Å². The minimum atomic E-state index is -0.820. The van der Waals surface area contributed by atoms with Crippen molar-refractivity contribution in [1.82, 2.24) is 10.2 Å². The van der Waals surface area contributed by atoms with Gasteiger partial charge in [0.2, 0.25) is 0 Å². The number of ether oxygens (including phenoxy) is 1. The fraction of sp³-hybridized carbons (Fsp3) is 0.550. The highest BCUT2D eigenvalue weighted by atomic mass is 16.5. The van der Waals surface area contributed by atoms with Crippen molar-refractivity contribution < 1.29 is 19.1 Å². The third-order valence-corrected chi connectivity index (χ3v) is 4.06. The summed E-state index contributed by atoms with van der Waals surface area (Å²) in [5.41, 5.74) is 1.59. The van der Waals surface area contributed by atoms with E-state index in [4.69, 9.17) is 4.74 Å². The Hall–Kier alpha value is -2.37. The molecule has 1 aromatic carbocycles. The molecule has 1 rings (SSSR count). The predicted octanol–water partition coefficient (Wildman–Crippen LogP) is 2.37. The van der Waals surface area contributed by atoms with E-state index in [0.717, 1.165) is 5.56 Å². The molecule has 0 spiro atoms. The molecule has 0 bridgehead atoms. The number of amides is 2. The van der Waals surface area contributed by atoms with Gasteiger partial charge in [0.15, 0.2) is 6.61 Å². The molecule has 1 N–H and O–H groups in total. The molecule has 1 aromatic rings. The molecule has 2 amide bonds. The van der Waals surface area contributed by atoms with Gasteiger partial charge in [-0.25, -0.2) is 4.79 Å². The van der Waals surface area contributed by atoms with Crippen LogP contribution in [0.4, 0.5) is 0 Å². The molecule has 0 saturated carbocycles. The van der Waals surface area contributed by atoms with E-state index in [2.05, 4.69) is 26.1 Å². The minimum absolute atomic E-state index is 0.00173. The van der Waals surface area contributed by atoms with Crippen LogP contribution in [0.15, 0.2) is 24.3 Å². The van der Waals surface area contributed by atoms with E-state index in [0.29, 0.717) is 5.56 Å². The summed E-state index contributed by atoms with van der Waals surface area (Å²) in [5, 5.41) is 2.71. The lowest BCUT2D eigenvalue weighted by Crippen LogP contribution is -2.46. The number of rotatable bonds is 6. The van der Waals surface area contributed by atoms with E-state index in [9.17, 15) is 14.4 Å². The number of hydrogen-bond donors (Lipinski definition) is 1. The van der Waals surface area contributed by atoms with Crippen molar-refractivity contribution in [3.63, 3.8) is 0 Å². The van der Waals surface area contributed by atoms with Crippen molar-refractivity contribution in [2.75, 3.05) is 20.7 Å². The summed E-state index contributed by atoms with van der Waals surface area (Å²) in [6.07, 6.45) is 0.